The van der Waals surface area contributed by atoms with Crippen molar-refractivity contribution in [1.82, 2.24) is 0 Å². The van der Waals surface area contributed by atoms with E-state index in [9.17, 15) is 4.79 Å². The van der Waals surface area contributed by atoms with Crippen LogP contribution in [0, 0.1) is 13.8 Å². The summed E-state index contributed by atoms with van der Waals surface area (Å²) in [5.41, 5.74) is 10.4. The van der Waals surface area contributed by atoms with Crippen LogP contribution in [-0.4, -0.2) is 5.91 Å². The Balaban J connectivity index is 2.03. The van der Waals surface area contributed by atoms with E-state index in [1.807, 2.05) is 50.2 Å². The van der Waals surface area contributed by atoms with Crippen LogP contribution in [0.5, 0.6) is 0 Å². The van der Waals surface area contributed by atoms with Crippen LogP contribution in [0.2, 0.25) is 0 Å². The number of anilines is 2. The number of nitrogens with one attached hydrogen (secondary N) is 1. The summed E-state index contributed by atoms with van der Waals surface area (Å²) in [6.45, 7) is 3.96. The van der Waals surface area contributed by atoms with Crippen LogP contribution in [0.25, 0.3) is 0 Å². The molecule has 2 aromatic carbocycles. The molecule has 0 aliphatic carbocycles. The standard InChI is InChI=1S/C16H18N2O/c1-11-3-5-13(6-4-11)10-16(19)18-15-8-7-14(17)9-12(15)2/h3-9H,10,17H2,1-2H3,(H,18,19). The van der Waals surface area contributed by atoms with Crippen molar-refractivity contribution >= 4 is 17.3 Å². The van der Waals surface area contributed by atoms with Gasteiger partial charge in [-0.05, 0) is 43.2 Å². The van der Waals surface area contributed by atoms with Gasteiger partial charge in [0.2, 0.25) is 5.91 Å². The lowest BCUT2D eigenvalue weighted by Gasteiger charge is -2.09. The number of carbonyl (C=O) groups excluding carboxylic acids is 1. The lowest BCUT2D eigenvalue weighted by molar-refractivity contribution is -0.115. The van der Waals surface area contributed by atoms with Gasteiger partial charge in [0.1, 0.15) is 0 Å². The Morgan fingerprint density at radius 2 is 1.79 bits per heavy atom. The van der Waals surface area contributed by atoms with Gasteiger partial charge in [0, 0.05) is 11.4 Å². The van der Waals surface area contributed by atoms with Crippen LogP contribution in [0.3, 0.4) is 0 Å². The van der Waals surface area contributed by atoms with Gasteiger partial charge in [-0.3, -0.25) is 4.79 Å². The second kappa shape index (κ2) is 5.57. The predicted octanol–water partition coefficient (Wildman–Crippen LogP) is 3.07. The molecule has 98 valence electrons. The Labute approximate surface area is 113 Å². The molecule has 1 amide bonds. The van der Waals surface area contributed by atoms with E-state index < -0.39 is 0 Å². The van der Waals surface area contributed by atoms with Gasteiger partial charge in [-0.1, -0.05) is 29.8 Å². The molecule has 2 aromatic rings. The lowest BCUT2D eigenvalue weighted by Crippen LogP contribution is -2.15. The van der Waals surface area contributed by atoms with E-state index >= 15 is 0 Å². The molecule has 0 heterocycles. The van der Waals surface area contributed by atoms with Gasteiger partial charge in [0.05, 0.1) is 6.42 Å². The zero-order valence-electron chi connectivity index (χ0n) is 11.2. The molecule has 19 heavy (non-hydrogen) atoms. The highest BCUT2D eigenvalue weighted by Crippen LogP contribution is 2.18. The third-order valence-corrected chi connectivity index (χ3v) is 3.01. The summed E-state index contributed by atoms with van der Waals surface area (Å²) < 4.78 is 0. The van der Waals surface area contributed by atoms with Crippen molar-refractivity contribution in [3.05, 3.63) is 59.2 Å². The molecule has 2 rings (SSSR count). The first-order valence-corrected chi connectivity index (χ1v) is 6.26. The average Bonchev–Trinajstić information content (AvgIpc) is 2.36. The minimum Gasteiger partial charge on any atom is -0.399 e. The quantitative estimate of drug-likeness (QED) is 0.827. The van der Waals surface area contributed by atoms with Gasteiger partial charge < -0.3 is 11.1 Å². The molecule has 0 aliphatic rings. The third-order valence-electron chi connectivity index (χ3n) is 3.01. The largest absolute Gasteiger partial charge is 0.399 e. The molecular formula is C16H18N2O. The first-order valence-electron chi connectivity index (χ1n) is 6.26. The van der Waals surface area contributed by atoms with Crippen molar-refractivity contribution in [1.29, 1.82) is 0 Å². The summed E-state index contributed by atoms with van der Waals surface area (Å²) in [7, 11) is 0. The highest BCUT2D eigenvalue weighted by molar-refractivity contribution is 5.93. The minimum absolute atomic E-state index is 0.0169. The second-order valence-electron chi connectivity index (χ2n) is 4.78. The summed E-state index contributed by atoms with van der Waals surface area (Å²) in [6.07, 6.45) is 0.379. The summed E-state index contributed by atoms with van der Waals surface area (Å²) in [5.74, 6) is -0.0169. The fraction of sp³-hybridized carbons (Fsp3) is 0.188. The van der Waals surface area contributed by atoms with Crippen LogP contribution >= 0.6 is 0 Å². The van der Waals surface area contributed by atoms with Crippen LogP contribution in [0.15, 0.2) is 42.5 Å². The van der Waals surface area contributed by atoms with Gasteiger partial charge in [-0.15, -0.1) is 0 Å². The van der Waals surface area contributed by atoms with Crippen molar-refractivity contribution in [3.8, 4) is 0 Å². The van der Waals surface area contributed by atoms with E-state index in [1.165, 1.54) is 5.56 Å². The second-order valence-corrected chi connectivity index (χ2v) is 4.78. The van der Waals surface area contributed by atoms with E-state index in [2.05, 4.69) is 5.32 Å². The Morgan fingerprint density at radius 3 is 2.42 bits per heavy atom. The Hall–Kier alpha value is -2.29. The normalized spacial score (nSPS) is 10.2. The number of nitrogens with two attached hydrogens (primary N) is 1. The molecule has 0 atom stereocenters. The Morgan fingerprint density at radius 1 is 1.11 bits per heavy atom. The third kappa shape index (κ3) is 3.58. The molecule has 0 saturated heterocycles. The fourth-order valence-electron chi connectivity index (χ4n) is 1.91. The number of hydrogen-bond acceptors (Lipinski definition) is 2. The highest BCUT2D eigenvalue weighted by Gasteiger charge is 2.06. The number of rotatable bonds is 3. The maximum absolute atomic E-state index is 12.0. The molecule has 3 nitrogen and oxygen atoms in total. The van der Waals surface area contributed by atoms with E-state index in [-0.39, 0.29) is 5.91 Å². The number of hydrogen-bond donors (Lipinski definition) is 2. The number of benzene rings is 2. The zero-order valence-corrected chi connectivity index (χ0v) is 11.2. The SMILES string of the molecule is Cc1ccc(CC(=O)Nc2ccc(N)cc2C)cc1. The van der Waals surface area contributed by atoms with Gasteiger partial charge in [-0.25, -0.2) is 0 Å². The van der Waals surface area contributed by atoms with Gasteiger partial charge in [0.15, 0.2) is 0 Å². The summed E-state index contributed by atoms with van der Waals surface area (Å²) in [5, 5.41) is 2.91. The molecule has 0 spiro atoms. The summed E-state index contributed by atoms with van der Waals surface area (Å²) in [4.78, 5) is 12.0. The molecule has 3 N–H and O–H groups in total. The molecule has 0 radical (unpaired) electrons. The van der Waals surface area contributed by atoms with Crippen LogP contribution in [0.1, 0.15) is 16.7 Å². The van der Waals surface area contributed by atoms with Crippen molar-refractivity contribution < 1.29 is 4.79 Å². The Bertz CT molecular complexity index is 588. The van der Waals surface area contributed by atoms with Crippen molar-refractivity contribution in [2.45, 2.75) is 20.3 Å². The lowest BCUT2D eigenvalue weighted by atomic mass is 10.1. The molecule has 0 aliphatic heterocycles. The molecule has 0 unspecified atom stereocenters. The van der Waals surface area contributed by atoms with Crippen LogP contribution in [0.4, 0.5) is 11.4 Å². The van der Waals surface area contributed by atoms with Gasteiger partial charge in [0.25, 0.3) is 0 Å². The number of aryl methyl sites for hydroxylation is 2. The average molecular weight is 254 g/mol. The molecule has 0 fully saturated rings. The van der Waals surface area contributed by atoms with Gasteiger partial charge >= 0.3 is 0 Å². The van der Waals surface area contributed by atoms with E-state index in [0.717, 1.165) is 16.8 Å². The first-order chi connectivity index (χ1) is 9.04. The predicted molar refractivity (Wildman–Crippen MR) is 79.1 cm³/mol. The maximum Gasteiger partial charge on any atom is 0.228 e. The monoisotopic (exact) mass is 254 g/mol. The zero-order chi connectivity index (χ0) is 13.8. The fourth-order valence-corrected chi connectivity index (χ4v) is 1.91. The van der Waals surface area contributed by atoms with Gasteiger partial charge in [-0.2, -0.15) is 0 Å². The van der Waals surface area contributed by atoms with Crippen molar-refractivity contribution in [2.75, 3.05) is 11.1 Å². The smallest absolute Gasteiger partial charge is 0.228 e. The molecular weight excluding hydrogens is 236 g/mol. The molecule has 3 heteroatoms. The summed E-state index contributed by atoms with van der Waals surface area (Å²) >= 11 is 0. The molecule has 0 saturated carbocycles. The van der Waals surface area contributed by atoms with E-state index in [1.54, 1.807) is 6.07 Å². The van der Waals surface area contributed by atoms with E-state index in [0.29, 0.717) is 12.1 Å². The maximum atomic E-state index is 12.0. The van der Waals surface area contributed by atoms with E-state index in [4.69, 9.17) is 5.73 Å². The molecule has 0 bridgehead atoms. The highest BCUT2D eigenvalue weighted by atomic mass is 16.1. The van der Waals surface area contributed by atoms with Crippen molar-refractivity contribution in [2.24, 2.45) is 0 Å². The first kappa shape index (κ1) is 13.1. The Kier molecular flexibility index (Phi) is 3.85. The van der Waals surface area contributed by atoms with Crippen LogP contribution in [-0.2, 0) is 11.2 Å². The van der Waals surface area contributed by atoms with Crippen molar-refractivity contribution in [3.63, 3.8) is 0 Å². The number of amides is 1. The molecule has 0 aromatic heterocycles. The number of carbonyl (C=O) groups is 1. The topological polar surface area (TPSA) is 55.1 Å². The summed E-state index contributed by atoms with van der Waals surface area (Å²) in [6, 6.07) is 13.4. The number of nitrogen functional groups attached to an aromatic ring is 1. The van der Waals surface area contributed by atoms with Crippen LogP contribution < -0.4 is 11.1 Å². The minimum atomic E-state index is -0.0169.